The van der Waals surface area contributed by atoms with Crippen molar-refractivity contribution in [2.24, 2.45) is 0 Å². The summed E-state index contributed by atoms with van der Waals surface area (Å²) in [5.41, 5.74) is 4.39. The molecule has 3 N–H and O–H groups in total. The fourth-order valence-corrected chi connectivity index (χ4v) is 3.95. The normalized spacial score (nSPS) is 12.0. The number of phenolic OH excluding ortho intramolecular Hbond substituents is 3. The lowest BCUT2D eigenvalue weighted by molar-refractivity contribution is 0.463. The first-order chi connectivity index (χ1) is 13.6. The molecular formula is C26H30O3. The Bertz CT molecular complexity index is 943. The van der Waals surface area contributed by atoms with Crippen LogP contribution in [0.1, 0.15) is 74.3 Å². The van der Waals surface area contributed by atoms with Gasteiger partial charge in [-0.15, -0.1) is 0 Å². The molecule has 0 fully saturated rings. The van der Waals surface area contributed by atoms with E-state index >= 15 is 0 Å². The maximum absolute atomic E-state index is 10.3. The second kappa shape index (κ2) is 7.82. The smallest absolute Gasteiger partial charge is 0.119 e. The summed E-state index contributed by atoms with van der Waals surface area (Å²) >= 11 is 0. The highest BCUT2D eigenvalue weighted by molar-refractivity contribution is 5.55. The third-order valence-corrected chi connectivity index (χ3v) is 5.90. The first-order valence-corrected chi connectivity index (χ1v) is 10.1. The van der Waals surface area contributed by atoms with Gasteiger partial charge < -0.3 is 15.3 Å². The summed E-state index contributed by atoms with van der Waals surface area (Å²) in [7, 11) is 0. The molecule has 0 spiro atoms. The second-order valence-electron chi connectivity index (χ2n) is 8.53. The van der Waals surface area contributed by atoms with E-state index in [1.54, 1.807) is 24.3 Å². The van der Waals surface area contributed by atoms with Gasteiger partial charge in [0.05, 0.1) is 0 Å². The predicted octanol–water partition coefficient (Wildman–Crippen LogP) is 6.40. The van der Waals surface area contributed by atoms with Gasteiger partial charge in [-0.2, -0.15) is 0 Å². The summed E-state index contributed by atoms with van der Waals surface area (Å²) in [5, 5.41) is 30.5. The van der Waals surface area contributed by atoms with Crippen molar-refractivity contribution < 1.29 is 15.3 Å². The van der Waals surface area contributed by atoms with Gasteiger partial charge in [-0.25, -0.2) is 0 Å². The fraction of sp³-hybridized carbons (Fsp3) is 0.308. The molecule has 0 aromatic heterocycles. The highest BCUT2D eigenvalue weighted by Gasteiger charge is 2.33. The molecule has 0 saturated heterocycles. The Hall–Kier alpha value is -2.94. The van der Waals surface area contributed by atoms with E-state index in [0.29, 0.717) is 11.5 Å². The van der Waals surface area contributed by atoms with Gasteiger partial charge in [0, 0.05) is 5.41 Å². The Morgan fingerprint density at radius 3 is 1.34 bits per heavy atom. The summed E-state index contributed by atoms with van der Waals surface area (Å²) in [6.45, 7) is 10.4. The van der Waals surface area contributed by atoms with Crippen molar-refractivity contribution in [3.8, 4) is 17.2 Å². The predicted molar refractivity (Wildman–Crippen MR) is 118 cm³/mol. The van der Waals surface area contributed by atoms with Crippen LogP contribution in [0.3, 0.4) is 0 Å². The van der Waals surface area contributed by atoms with Crippen molar-refractivity contribution in [3.05, 3.63) is 88.5 Å². The quantitative estimate of drug-likeness (QED) is 0.441. The summed E-state index contributed by atoms with van der Waals surface area (Å²) in [6, 6.07) is 18.8. The zero-order chi connectivity index (χ0) is 21.3. The first-order valence-electron chi connectivity index (χ1n) is 10.1. The summed E-state index contributed by atoms with van der Waals surface area (Å²) in [6.07, 6.45) is 0. The minimum atomic E-state index is -0.525. The summed E-state index contributed by atoms with van der Waals surface area (Å²) < 4.78 is 0. The largest absolute Gasteiger partial charge is 0.508 e. The van der Waals surface area contributed by atoms with Crippen molar-refractivity contribution >= 4 is 0 Å². The molecule has 3 nitrogen and oxygen atoms in total. The second-order valence-corrected chi connectivity index (χ2v) is 8.53. The van der Waals surface area contributed by atoms with Crippen LogP contribution >= 0.6 is 0 Å². The van der Waals surface area contributed by atoms with Gasteiger partial charge >= 0.3 is 0 Å². The molecule has 0 atom stereocenters. The molecule has 0 aliphatic carbocycles. The van der Waals surface area contributed by atoms with E-state index in [1.807, 2.05) is 24.3 Å². The van der Waals surface area contributed by atoms with Gasteiger partial charge in [0.25, 0.3) is 0 Å². The van der Waals surface area contributed by atoms with Crippen LogP contribution in [0.15, 0.2) is 60.7 Å². The van der Waals surface area contributed by atoms with E-state index in [0.717, 1.165) is 27.8 Å². The molecule has 29 heavy (non-hydrogen) atoms. The molecule has 3 heteroatoms. The van der Waals surface area contributed by atoms with Crippen LogP contribution in [0.4, 0.5) is 0 Å². The Balaban J connectivity index is 2.31. The van der Waals surface area contributed by atoms with E-state index in [9.17, 15) is 15.3 Å². The number of hydrogen-bond donors (Lipinski definition) is 3. The third-order valence-electron chi connectivity index (χ3n) is 5.90. The van der Waals surface area contributed by atoms with Crippen LogP contribution < -0.4 is 0 Å². The minimum absolute atomic E-state index is 0.185. The molecule has 0 radical (unpaired) electrons. The lowest BCUT2D eigenvalue weighted by Crippen LogP contribution is -2.26. The maximum atomic E-state index is 10.3. The number of aromatic hydroxyl groups is 3. The van der Waals surface area contributed by atoms with E-state index < -0.39 is 5.41 Å². The van der Waals surface area contributed by atoms with Crippen molar-refractivity contribution in [3.63, 3.8) is 0 Å². The van der Waals surface area contributed by atoms with Crippen molar-refractivity contribution in [1.82, 2.24) is 0 Å². The van der Waals surface area contributed by atoms with Gasteiger partial charge in [0.1, 0.15) is 17.2 Å². The molecule has 0 amide bonds. The zero-order valence-electron chi connectivity index (χ0n) is 17.8. The summed E-state index contributed by atoms with van der Waals surface area (Å²) in [4.78, 5) is 0. The molecule has 3 aromatic carbocycles. The Labute approximate surface area is 173 Å². The zero-order valence-corrected chi connectivity index (χ0v) is 17.8. The molecule has 0 unspecified atom stereocenters. The Kier molecular flexibility index (Phi) is 5.61. The summed E-state index contributed by atoms with van der Waals surface area (Å²) in [5.74, 6) is 1.18. The average molecular weight is 391 g/mol. The highest BCUT2D eigenvalue weighted by Crippen LogP contribution is 2.43. The number of hydrogen-bond acceptors (Lipinski definition) is 3. The lowest BCUT2D eigenvalue weighted by atomic mass is 9.70. The van der Waals surface area contributed by atoms with Gasteiger partial charge in [-0.1, -0.05) is 64.1 Å². The molecular weight excluding hydrogens is 360 g/mol. The van der Waals surface area contributed by atoms with Crippen LogP contribution in [-0.2, 0) is 5.41 Å². The van der Waals surface area contributed by atoms with Gasteiger partial charge in [0.2, 0.25) is 0 Å². The SMILES string of the molecule is CC(C)c1cc(C(C)(c2ccc(O)cc2)c2ccc(O)c(C(C)C)c2)ccc1O. The first kappa shape index (κ1) is 20.8. The van der Waals surface area contributed by atoms with Crippen LogP contribution in [0, 0.1) is 0 Å². The molecule has 0 heterocycles. The van der Waals surface area contributed by atoms with Gasteiger partial charge in [-0.05, 0) is 70.8 Å². The van der Waals surface area contributed by atoms with Gasteiger partial charge in [-0.3, -0.25) is 0 Å². The minimum Gasteiger partial charge on any atom is -0.508 e. The Morgan fingerprint density at radius 1 is 0.586 bits per heavy atom. The van der Waals surface area contributed by atoms with E-state index in [-0.39, 0.29) is 17.6 Å². The van der Waals surface area contributed by atoms with Crippen LogP contribution in [0.25, 0.3) is 0 Å². The Morgan fingerprint density at radius 2 is 0.966 bits per heavy atom. The topological polar surface area (TPSA) is 60.7 Å². The van der Waals surface area contributed by atoms with Crippen molar-refractivity contribution in [2.75, 3.05) is 0 Å². The van der Waals surface area contributed by atoms with Crippen molar-refractivity contribution in [1.29, 1.82) is 0 Å². The van der Waals surface area contributed by atoms with Crippen LogP contribution in [0.5, 0.6) is 17.2 Å². The number of rotatable bonds is 5. The molecule has 0 aliphatic rings. The van der Waals surface area contributed by atoms with E-state index in [1.165, 1.54) is 0 Å². The maximum Gasteiger partial charge on any atom is 0.119 e. The molecule has 0 bridgehead atoms. The van der Waals surface area contributed by atoms with Crippen molar-refractivity contribution in [2.45, 2.75) is 51.9 Å². The number of benzene rings is 3. The number of phenols is 3. The van der Waals surface area contributed by atoms with Crippen LogP contribution in [-0.4, -0.2) is 15.3 Å². The standard InChI is InChI=1S/C26H30O3/c1-16(2)22-14-19(8-12-24(22)28)26(5,18-6-10-21(27)11-7-18)20-9-13-25(29)23(15-20)17(3)4/h6-17,27-29H,1-5H3. The van der Waals surface area contributed by atoms with E-state index in [2.05, 4.69) is 46.8 Å². The molecule has 152 valence electrons. The van der Waals surface area contributed by atoms with Crippen LogP contribution in [0.2, 0.25) is 0 Å². The molecule has 0 saturated carbocycles. The average Bonchev–Trinajstić information content (AvgIpc) is 2.68. The monoisotopic (exact) mass is 390 g/mol. The lowest BCUT2D eigenvalue weighted by Gasteiger charge is -2.33. The van der Waals surface area contributed by atoms with Gasteiger partial charge in [0.15, 0.2) is 0 Å². The fourth-order valence-electron chi connectivity index (χ4n) is 3.95. The molecule has 3 rings (SSSR count). The molecule has 0 aliphatic heterocycles. The molecule has 3 aromatic rings. The highest BCUT2D eigenvalue weighted by atomic mass is 16.3. The third kappa shape index (κ3) is 3.82. The van der Waals surface area contributed by atoms with E-state index in [4.69, 9.17) is 0 Å².